The highest BCUT2D eigenvalue weighted by atomic mass is 16.5. The molecular formula is C26H40O2. The standard InChI is InChI=1S/C26H40O2/c1-18(15-23(27)28-6)9-7-10-19-11-8-12-20-16-21-17-25(2,3)14-13-22(21)26(4,5)24(19)20/h15-17,19,22,24H,7-14H2,1-6H3. The van der Waals surface area contributed by atoms with Crippen molar-refractivity contribution in [2.24, 2.45) is 28.6 Å². The molecule has 2 heteroatoms. The minimum Gasteiger partial charge on any atom is -0.466 e. The number of esters is 1. The predicted octanol–water partition coefficient (Wildman–Crippen LogP) is 7.02. The topological polar surface area (TPSA) is 26.3 Å². The van der Waals surface area contributed by atoms with E-state index in [-0.39, 0.29) is 5.97 Å². The molecule has 3 aliphatic carbocycles. The van der Waals surface area contributed by atoms with Crippen LogP contribution in [0.2, 0.25) is 0 Å². The van der Waals surface area contributed by atoms with E-state index in [4.69, 9.17) is 4.74 Å². The maximum atomic E-state index is 11.4. The summed E-state index contributed by atoms with van der Waals surface area (Å²) < 4.78 is 4.75. The average molecular weight is 385 g/mol. The second-order valence-electron chi connectivity index (χ2n) is 10.8. The molecule has 3 rings (SSSR count). The fourth-order valence-corrected chi connectivity index (χ4v) is 6.41. The Kier molecular flexibility index (Phi) is 6.27. The van der Waals surface area contributed by atoms with E-state index in [0.29, 0.717) is 10.8 Å². The van der Waals surface area contributed by atoms with Crippen molar-refractivity contribution in [1.82, 2.24) is 0 Å². The third kappa shape index (κ3) is 4.47. The van der Waals surface area contributed by atoms with Crippen molar-refractivity contribution >= 4 is 5.97 Å². The van der Waals surface area contributed by atoms with Crippen LogP contribution in [0.4, 0.5) is 0 Å². The lowest BCUT2D eigenvalue weighted by Crippen LogP contribution is -2.44. The number of ether oxygens (including phenoxy) is 1. The molecule has 0 aromatic rings. The Balaban J connectivity index is 1.74. The zero-order chi connectivity index (χ0) is 20.5. The van der Waals surface area contributed by atoms with Crippen LogP contribution >= 0.6 is 0 Å². The molecule has 1 fully saturated rings. The molecule has 3 atom stereocenters. The van der Waals surface area contributed by atoms with Crippen molar-refractivity contribution < 1.29 is 9.53 Å². The van der Waals surface area contributed by atoms with Crippen molar-refractivity contribution in [3.8, 4) is 0 Å². The van der Waals surface area contributed by atoms with Gasteiger partial charge in [0.15, 0.2) is 0 Å². The highest BCUT2D eigenvalue weighted by Gasteiger charge is 2.49. The van der Waals surface area contributed by atoms with E-state index in [9.17, 15) is 4.79 Å². The molecule has 0 aromatic heterocycles. The zero-order valence-electron chi connectivity index (χ0n) is 18.9. The van der Waals surface area contributed by atoms with Gasteiger partial charge >= 0.3 is 5.97 Å². The summed E-state index contributed by atoms with van der Waals surface area (Å²) in [6.45, 7) is 11.9. The van der Waals surface area contributed by atoms with E-state index in [2.05, 4.69) is 46.8 Å². The minimum absolute atomic E-state index is 0.228. The SMILES string of the molecule is COC(=O)C=C(C)CCCC1CCCC2=CC3=CC(C)(C)CCC3C(C)(C)C21. The van der Waals surface area contributed by atoms with E-state index < -0.39 is 0 Å². The highest BCUT2D eigenvalue weighted by molar-refractivity contribution is 5.82. The molecule has 3 aliphatic rings. The second kappa shape index (κ2) is 8.20. The first-order chi connectivity index (χ1) is 13.1. The van der Waals surface area contributed by atoms with Crippen molar-refractivity contribution in [3.63, 3.8) is 0 Å². The summed E-state index contributed by atoms with van der Waals surface area (Å²) >= 11 is 0. The van der Waals surface area contributed by atoms with Crippen LogP contribution in [0.3, 0.4) is 0 Å². The van der Waals surface area contributed by atoms with Gasteiger partial charge in [0.2, 0.25) is 0 Å². The Morgan fingerprint density at radius 2 is 2.00 bits per heavy atom. The summed E-state index contributed by atoms with van der Waals surface area (Å²) in [7, 11) is 1.45. The van der Waals surface area contributed by atoms with Crippen LogP contribution in [0.5, 0.6) is 0 Å². The molecule has 0 amide bonds. The number of carbonyl (C=O) groups is 1. The first kappa shape index (κ1) is 21.4. The normalized spacial score (nSPS) is 31.2. The van der Waals surface area contributed by atoms with Gasteiger partial charge < -0.3 is 4.74 Å². The number of carbonyl (C=O) groups excluding carboxylic acids is 1. The average Bonchev–Trinajstić information content (AvgIpc) is 2.60. The van der Waals surface area contributed by atoms with Crippen molar-refractivity contribution in [2.45, 2.75) is 86.0 Å². The van der Waals surface area contributed by atoms with Crippen molar-refractivity contribution in [1.29, 1.82) is 0 Å². The van der Waals surface area contributed by atoms with E-state index in [1.807, 2.05) is 0 Å². The Labute approximate surface area is 172 Å². The van der Waals surface area contributed by atoms with Crippen LogP contribution in [0.15, 0.2) is 34.9 Å². The van der Waals surface area contributed by atoms with Gasteiger partial charge in [-0.3, -0.25) is 0 Å². The number of fused-ring (bicyclic) bond motifs is 2. The lowest BCUT2D eigenvalue weighted by molar-refractivity contribution is -0.134. The van der Waals surface area contributed by atoms with Crippen LogP contribution in [0, 0.1) is 28.6 Å². The smallest absolute Gasteiger partial charge is 0.330 e. The van der Waals surface area contributed by atoms with E-state index >= 15 is 0 Å². The Morgan fingerprint density at radius 3 is 2.71 bits per heavy atom. The summed E-state index contributed by atoms with van der Waals surface area (Å²) in [6.07, 6.45) is 16.9. The second-order valence-corrected chi connectivity index (χ2v) is 10.8. The maximum absolute atomic E-state index is 11.4. The van der Waals surface area contributed by atoms with Gasteiger partial charge in [0.05, 0.1) is 7.11 Å². The van der Waals surface area contributed by atoms with Crippen LogP contribution in [0.1, 0.15) is 86.0 Å². The van der Waals surface area contributed by atoms with Crippen LogP contribution in [-0.2, 0) is 9.53 Å². The van der Waals surface area contributed by atoms with Crippen molar-refractivity contribution in [3.05, 3.63) is 34.9 Å². The highest BCUT2D eigenvalue weighted by Crippen LogP contribution is 2.58. The number of rotatable bonds is 5. The van der Waals surface area contributed by atoms with Crippen LogP contribution in [0.25, 0.3) is 0 Å². The van der Waals surface area contributed by atoms with E-state index in [0.717, 1.165) is 29.7 Å². The molecule has 0 saturated heterocycles. The molecule has 0 radical (unpaired) electrons. The van der Waals surface area contributed by atoms with Gasteiger partial charge in [0.25, 0.3) is 0 Å². The number of hydrogen-bond acceptors (Lipinski definition) is 2. The largest absolute Gasteiger partial charge is 0.466 e. The number of hydrogen-bond donors (Lipinski definition) is 0. The minimum atomic E-state index is -0.228. The maximum Gasteiger partial charge on any atom is 0.330 e. The molecule has 0 bridgehead atoms. The zero-order valence-corrected chi connectivity index (χ0v) is 18.9. The quantitative estimate of drug-likeness (QED) is 0.376. The predicted molar refractivity (Wildman–Crippen MR) is 117 cm³/mol. The van der Waals surface area contributed by atoms with Gasteiger partial charge in [-0.2, -0.15) is 0 Å². The van der Waals surface area contributed by atoms with Gasteiger partial charge in [-0.15, -0.1) is 0 Å². The molecular weight excluding hydrogens is 344 g/mol. The van der Waals surface area contributed by atoms with Crippen LogP contribution < -0.4 is 0 Å². The first-order valence-electron chi connectivity index (χ1n) is 11.3. The van der Waals surface area contributed by atoms with Gasteiger partial charge in [-0.25, -0.2) is 4.79 Å². The number of allylic oxidation sites excluding steroid dienone is 5. The summed E-state index contributed by atoms with van der Waals surface area (Å²) in [5.41, 5.74) is 5.20. The third-order valence-corrected chi connectivity index (χ3v) is 7.71. The molecule has 28 heavy (non-hydrogen) atoms. The summed E-state index contributed by atoms with van der Waals surface area (Å²) in [4.78, 5) is 11.4. The molecule has 0 heterocycles. The van der Waals surface area contributed by atoms with E-state index in [1.165, 1.54) is 52.1 Å². The van der Waals surface area contributed by atoms with Crippen molar-refractivity contribution in [2.75, 3.05) is 7.11 Å². The molecule has 2 nitrogen and oxygen atoms in total. The molecule has 3 unspecified atom stereocenters. The molecule has 1 saturated carbocycles. The fourth-order valence-electron chi connectivity index (χ4n) is 6.41. The first-order valence-corrected chi connectivity index (χ1v) is 11.3. The Morgan fingerprint density at radius 1 is 1.25 bits per heavy atom. The van der Waals surface area contributed by atoms with Crippen LogP contribution in [-0.4, -0.2) is 13.1 Å². The third-order valence-electron chi connectivity index (χ3n) is 7.71. The van der Waals surface area contributed by atoms with Gasteiger partial charge in [-0.1, -0.05) is 51.0 Å². The summed E-state index contributed by atoms with van der Waals surface area (Å²) in [5, 5.41) is 0. The Bertz CT molecular complexity index is 689. The summed E-state index contributed by atoms with van der Waals surface area (Å²) in [6, 6.07) is 0. The molecule has 0 spiro atoms. The van der Waals surface area contributed by atoms with Gasteiger partial charge in [0, 0.05) is 6.08 Å². The summed E-state index contributed by atoms with van der Waals surface area (Å²) in [5.74, 6) is 2.01. The van der Waals surface area contributed by atoms with Gasteiger partial charge in [-0.05, 0) is 92.4 Å². The Hall–Kier alpha value is -1.31. The lowest BCUT2D eigenvalue weighted by atomic mass is 9.51. The molecule has 0 aliphatic heterocycles. The lowest BCUT2D eigenvalue weighted by Gasteiger charge is -2.54. The fraction of sp³-hybridized carbons (Fsp3) is 0.731. The number of methoxy groups -OCH3 is 1. The van der Waals surface area contributed by atoms with Gasteiger partial charge in [0.1, 0.15) is 0 Å². The molecule has 0 aromatic carbocycles. The monoisotopic (exact) mass is 384 g/mol. The molecule has 0 N–H and O–H groups in total. The molecule has 156 valence electrons. The van der Waals surface area contributed by atoms with E-state index in [1.54, 1.807) is 17.2 Å².